The van der Waals surface area contributed by atoms with Crippen LogP contribution in [0.15, 0.2) is 61.1 Å². The summed E-state index contributed by atoms with van der Waals surface area (Å²) in [5.41, 5.74) is 10.0. The Kier molecular flexibility index (Phi) is 6.55. The van der Waals surface area contributed by atoms with Crippen molar-refractivity contribution in [3.05, 3.63) is 66.9 Å². The van der Waals surface area contributed by atoms with Gasteiger partial charge in [-0.25, -0.2) is 19.2 Å². The highest BCUT2D eigenvalue weighted by Gasteiger charge is 2.17. The zero-order valence-corrected chi connectivity index (χ0v) is 19.1. The summed E-state index contributed by atoms with van der Waals surface area (Å²) in [6.07, 6.45) is 3.54. The van der Waals surface area contributed by atoms with Gasteiger partial charge in [-0.3, -0.25) is 4.90 Å². The number of fused-ring (bicyclic) bond motifs is 1. The van der Waals surface area contributed by atoms with E-state index in [1.165, 1.54) is 30.6 Å². The summed E-state index contributed by atoms with van der Waals surface area (Å²) in [4.78, 5) is 23.3. The summed E-state index contributed by atoms with van der Waals surface area (Å²) in [5.74, 6) is 0.0658. The van der Waals surface area contributed by atoms with Crippen LogP contribution in [0.4, 0.5) is 26.4 Å². The third-order valence-corrected chi connectivity index (χ3v) is 6.00. The van der Waals surface area contributed by atoms with E-state index in [0.717, 1.165) is 61.6 Å². The quantitative estimate of drug-likeness (QED) is 0.391. The van der Waals surface area contributed by atoms with Crippen molar-refractivity contribution in [2.45, 2.75) is 6.54 Å². The van der Waals surface area contributed by atoms with Gasteiger partial charge in [0.2, 0.25) is 0 Å². The van der Waals surface area contributed by atoms with Crippen molar-refractivity contribution >= 4 is 34.3 Å². The Morgan fingerprint density at radius 3 is 2.31 bits per heavy atom. The van der Waals surface area contributed by atoms with Gasteiger partial charge in [0, 0.05) is 49.3 Å². The Morgan fingerprint density at radius 1 is 0.971 bits per heavy atom. The fraction of sp³-hybridized carbons (Fsp3) is 0.240. The van der Waals surface area contributed by atoms with Crippen molar-refractivity contribution in [1.82, 2.24) is 19.4 Å². The van der Waals surface area contributed by atoms with E-state index in [4.69, 9.17) is 10.5 Å². The van der Waals surface area contributed by atoms with Crippen LogP contribution in [0.1, 0.15) is 0 Å². The fourth-order valence-corrected chi connectivity index (χ4v) is 4.17. The molecule has 0 aliphatic carbocycles. The number of rotatable bonds is 6. The maximum Gasteiger partial charge on any atom is 0.323 e. The number of benzene rings is 2. The molecule has 0 radical (unpaired) electrons. The lowest BCUT2D eigenvalue weighted by atomic mass is 10.1. The minimum atomic E-state index is -0.415. The molecule has 1 saturated heterocycles. The minimum absolute atomic E-state index is 0.361. The van der Waals surface area contributed by atoms with Gasteiger partial charge in [-0.1, -0.05) is 12.1 Å². The monoisotopic (exact) mass is 475 g/mol. The van der Waals surface area contributed by atoms with E-state index in [1.54, 1.807) is 0 Å². The van der Waals surface area contributed by atoms with Crippen LogP contribution in [0.2, 0.25) is 0 Å². The molecule has 0 bridgehead atoms. The number of carbonyl (C=O) groups is 1. The molecule has 5 rings (SSSR count). The smallest absolute Gasteiger partial charge is 0.323 e. The molecule has 0 saturated carbocycles. The highest BCUT2D eigenvalue weighted by Crippen LogP contribution is 2.33. The molecule has 0 spiro atoms. The molecule has 2 amide bonds. The van der Waals surface area contributed by atoms with E-state index < -0.39 is 6.03 Å². The van der Waals surface area contributed by atoms with Crippen LogP contribution in [0.5, 0.6) is 0 Å². The highest BCUT2D eigenvalue weighted by molar-refractivity contribution is 6.02. The second-order valence-electron chi connectivity index (χ2n) is 8.31. The number of aromatic nitrogens is 3. The second kappa shape index (κ2) is 10.1. The fourth-order valence-electron chi connectivity index (χ4n) is 4.17. The highest BCUT2D eigenvalue weighted by atomic mass is 19.1. The Bertz CT molecular complexity index is 1320. The Morgan fingerprint density at radius 2 is 1.63 bits per heavy atom. The van der Waals surface area contributed by atoms with Crippen LogP contribution in [0, 0.1) is 5.82 Å². The van der Waals surface area contributed by atoms with E-state index in [2.05, 4.69) is 36.3 Å². The Hall–Kier alpha value is -4.02. The summed E-state index contributed by atoms with van der Waals surface area (Å²) in [7, 11) is 0. The van der Waals surface area contributed by atoms with Crippen molar-refractivity contribution in [2.24, 2.45) is 0 Å². The molecule has 4 aromatic rings. The molecular weight excluding hydrogens is 449 g/mol. The first-order valence-corrected chi connectivity index (χ1v) is 11.4. The van der Waals surface area contributed by atoms with Crippen molar-refractivity contribution in [3.8, 4) is 11.1 Å². The summed E-state index contributed by atoms with van der Waals surface area (Å²) in [5, 5.41) is 6.26. The van der Waals surface area contributed by atoms with Gasteiger partial charge in [0.15, 0.2) is 0 Å². The van der Waals surface area contributed by atoms with E-state index >= 15 is 0 Å². The average molecular weight is 476 g/mol. The number of carbonyl (C=O) groups excluding carboxylic acids is 1. The molecule has 0 unspecified atom stereocenters. The standard InChI is InChI=1S/C25H26FN7O2/c26-18-3-7-20(8-4-18)31-25(34)30-19-5-1-17(2-6-19)21-15-33(10-9-32-11-13-35-14-12-32)24-22(21)23(27)28-16-29-24/h1-8,15-16H,9-14H2,(H2,27,28,29)(H2,30,31,34). The van der Waals surface area contributed by atoms with Gasteiger partial charge in [0.05, 0.1) is 18.6 Å². The first kappa shape index (κ1) is 22.8. The van der Waals surface area contributed by atoms with E-state index in [1.807, 2.05) is 24.3 Å². The topological polar surface area (TPSA) is 110 Å². The number of hydrogen-bond acceptors (Lipinski definition) is 6. The molecule has 35 heavy (non-hydrogen) atoms. The summed E-state index contributed by atoms with van der Waals surface area (Å²) in [6, 6.07) is 12.6. The predicted octanol–water partition coefficient (Wildman–Crippen LogP) is 3.80. The largest absolute Gasteiger partial charge is 0.383 e. The molecule has 10 heteroatoms. The summed E-state index contributed by atoms with van der Waals surface area (Å²) >= 11 is 0. The molecule has 1 aliphatic rings. The molecule has 9 nitrogen and oxygen atoms in total. The number of nitrogens with two attached hydrogens (primary N) is 1. The van der Waals surface area contributed by atoms with Gasteiger partial charge in [0.25, 0.3) is 0 Å². The third kappa shape index (κ3) is 5.23. The van der Waals surface area contributed by atoms with E-state index in [0.29, 0.717) is 17.2 Å². The lowest BCUT2D eigenvalue weighted by Crippen LogP contribution is -2.38. The first-order chi connectivity index (χ1) is 17.1. The number of halogens is 1. The van der Waals surface area contributed by atoms with Crippen LogP contribution < -0.4 is 16.4 Å². The molecule has 1 fully saturated rings. The number of nitrogens with zero attached hydrogens (tertiary/aromatic N) is 4. The number of anilines is 3. The first-order valence-electron chi connectivity index (χ1n) is 11.4. The molecule has 0 atom stereocenters. The van der Waals surface area contributed by atoms with Crippen molar-refractivity contribution in [1.29, 1.82) is 0 Å². The summed E-state index contributed by atoms with van der Waals surface area (Å²) in [6.45, 7) is 5.03. The maximum atomic E-state index is 13.0. The number of morpholine rings is 1. The lowest BCUT2D eigenvalue weighted by Gasteiger charge is -2.26. The normalized spacial score (nSPS) is 14.2. The zero-order valence-electron chi connectivity index (χ0n) is 19.1. The van der Waals surface area contributed by atoms with Crippen LogP contribution in [0.3, 0.4) is 0 Å². The van der Waals surface area contributed by atoms with Gasteiger partial charge in [0.1, 0.15) is 23.6 Å². The molecule has 2 aromatic heterocycles. The lowest BCUT2D eigenvalue weighted by molar-refractivity contribution is 0.0365. The van der Waals surface area contributed by atoms with Crippen LogP contribution in [0.25, 0.3) is 22.2 Å². The van der Waals surface area contributed by atoms with Gasteiger partial charge in [-0.2, -0.15) is 0 Å². The maximum absolute atomic E-state index is 13.0. The van der Waals surface area contributed by atoms with E-state index in [-0.39, 0.29) is 5.82 Å². The number of ether oxygens (including phenoxy) is 1. The van der Waals surface area contributed by atoms with Gasteiger partial charge >= 0.3 is 6.03 Å². The van der Waals surface area contributed by atoms with Gasteiger partial charge < -0.3 is 25.7 Å². The van der Waals surface area contributed by atoms with E-state index in [9.17, 15) is 9.18 Å². The molecule has 3 heterocycles. The molecule has 180 valence electrons. The predicted molar refractivity (Wildman–Crippen MR) is 134 cm³/mol. The molecule has 1 aliphatic heterocycles. The molecule has 2 aromatic carbocycles. The Balaban J connectivity index is 1.33. The zero-order chi connectivity index (χ0) is 24.2. The molecular formula is C25H26FN7O2. The number of urea groups is 1. The third-order valence-electron chi connectivity index (χ3n) is 6.00. The number of nitrogen functional groups attached to an aromatic ring is 1. The van der Waals surface area contributed by atoms with Crippen molar-refractivity contribution < 1.29 is 13.9 Å². The van der Waals surface area contributed by atoms with Crippen LogP contribution >= 0.6 is 0 Å². The van der Waals surface area contributed by atoms with Crippen molar-refractivity contribution in [2.75, 3.05) is 49.2 Å². The number of hydrogen-bond donors (Lipinski definition) is 3. The summed E-state index contributed by atoms with van der Waals surface area (Å²) < 4.78 is 20.6. The molecule has 4 N–H and O–H groups in total. The Labute approximate surface area is 201 Å². The minimum Gasteiger partial charge on any atom is -0.383 e. The van der Waals surface area contributed by atoms with Crippen LogP contribution in [-0.4, -0.2) is 58.3 Å². The van der Waals surface area contributed by atoms with Gasteiger partial charge in [-0.15, -0.1) is 0 Å². The average Bonchev–Trinajstić information content (AvgIpc) is 3.25. The van der Waals surface area contributed by atoms with Crippen LogP contribution in [-0.2, 0) is 11.3 Å². The SMILES string of the molecule is Nc1ncnc2c1c(-c1ccc(NC(=O)Nc3ccc(F)cc3)cc1)cn2CCN1CCOCC1. The second-order valence-corrected chi connectivity index (χ2v) is 8.31. The number of amides is 2. The van der Waals surface area contributed by atoms with Crippen molar-refractivity contribution in [3.63, 3.8) is 0 Å². The van der Waals surface area contributed by atoms with Gasteiger partial charge in [-0.05, 0) is 42.0 Å². The number of nitrogens with one attached hydrogen (secondary N) is 2.